The predicted molar refractivity (Wildman–Crippen MR) is 80.2 cm³/mol. The molecule has 0 spiro atoms. The molecule has 102 valence electrons. The standard InChI is InChI=1S/C10H10ClIN4O2S/c1-2-16-9(14-15-10(16)19(13,17)18)7-5-6(11)3-4-8(7)12/h3-5H,2H2,1H3,(H2,13,17,18). The molecule has 0 unspecified atom stereocenters. The molecular formula is C10H10ClIN4O2S. The summed E-state index contributed by atoms with van der Waals surface area (Å²) in [6, 6.07) is 5.29. The maximum atomic E-state index is 11.4. The summed E-state index contributed by atoms with van der Waals surface area (Å²) in [5, 5.41) is 13.0. The highest BCUT2D eigenvalue weighted by molar-refractivity contribution is 14.1. The second kappa shape index (κ2) is 5.35. The Morgan fingerprint density at radius 3 is 2.68 bits per heavy atom. The van der Waals surface area contributed by atoms with Gasteiger partial charge in [0.05, 0.1) is 0 Å². The van der Waals surface area contributed by atoms with Crippen molar-refractivity contribution < 1.29 is 8.42 Å². The minimum Gasteiger partial charge on any atom is -0.297 e. The molecule has 0 aliphatic heterocycles. The molecule has 0 saturated carbocycles. The number of primary sulfonamides is 1. The number of hydrogen-bond acceptors (Lipinski definition) is 4. The summed E-state index contributed by atoms with van der Waals surface area (Å²) >= 11 is 8.08. The van der Waals surface area contributed by atoms with Crippen LogP contribution in [-0.4, -0.2) is 23.2 Å². The van der Waals surface area contributed by atoms with Gasteiger partial charge in [0.25, 0.3) is 15.2 Å². The minimum absolute atomic E-state index is 0.249. The predicted octanol–water partition coefficient (Wildman–Crippen LogP) is 1.87. The van der Waals surface area contributed by atoms with E-state index in [0.717, 1.165) is 9.13 Å². The van der Waals surface area contributed by atoms with Crippen LogP contribution in [0.1, 0.15) is 6.92 Å². The molecule has 0 saturated heterocycles. The first-order chi connectivity index (χ1) is 8.84. The van der Waals surface area contributed by atoms with E-state index in [1.54, 1.807) is 19.1 Å². The molecule has 0 bridgehead atoms. The Morgan fingerprint density at radius 1 is 1.42 bits per heavy atom. The van der Waals surface area contributed by atoms with Gasteiger partial charge in [0.15, 0.2) is 5.82 Å². The van der Waals surface area contributed by atoms with Gasteiger partial charge in [-0.1, -0.05) is 11.6 Å². The van der Waals surface area contributed by atoms with E-state index in [1.165, 1.54) is 4.57 Å². The highest BCUT2D eigenvalue weighted by Crippen LogP contribution is 2.28. The molecule has 0 fully saturated rings. The van der Waals surface area contributed by atoms with E-state index < -0.39 is 10.0 Å². The number of sulfonamides is 1. The van der Waals surface area contributed by atoms with Crippen LogP contribution in [0.2, 0.25) is 5.02 Å². The Bertz CT molecular complexity index is 729. The van der Waals surface area contributed by atoms with E-state index in [4.69, 9.17) is 16.7 Å². The second-order valence-corrected chi connectivity index (χ2v) is 6.77. The quantitative estimate of drug-likeness (QED) is 0.779. The van der Waals surface area contributed by atoms with Crippen molar-refractivity contribution in [2.24, 2.45) is 5.14 Å². The average Bonchev–Trinajstić information content (AvgIpc) is 2.75. The molecule has 2 N–H and O–H groups in total. The summed E-state index contributed by atoms with van der Waals surface area (Å²) in [5.41, 5.74) is 0.720. The Morgan fingerprint density at radius 2 is 2.11 bits per heavy atom. The third-order valence-electron chi connectivity index (χ3n) is 2.46. The topological polar surface area (TPSA) is 90.9 Å². The zero-order chi connectivity index (χ0) is 14.2. The van der Waals surface area contributed by atoms with Gasteiger partial charge in [-0.2, -0.15) is 0 Å². The number of nitrogens with two attached hydrogens (primary N) is 1. The summed E-state index contributed by atoms with van der Waals surface area (Å²) in [6.45, 7) is 2.18. The first-order valence-electron chi connectivity index (χ1n) is 5.26. The molecule has 2 rings (SSSR count). The van der Waals surface area contributed by atoms with Gasteiger partial charge in [0.2, 0.25) is 0 Å². The third kappa shape index (κ3) is 2.91. The van der Waals surface area contributed by atoms with Crippen molar-refractivity contribution in [3.63, 3.8) is 0 Å². The average molecular weight is 413 g/mol. The molecule has 0 atom stereocenters. The number of nitrogens with zero attached hydrogens (tertiary/aromatic N) is 3. The van der Waals surface area contributed by atoms with Crippen LogP contribution in [-0.2, 0) is 16.6 Å². The monoisotopic (exact) mass is 412 g/mol. The van der Waals surface area contributed by atoms with Gasteiger partial charge >= 0.3 is 0 Å². The van der Waals surface area contributed by atoms with E-state index in [2.05, 4.69) is 32.8 Å². The highest BCUT2D eigenvalue weighted by atomic mass is 127. The van der Waals surface area contributed by atoms with Crippen LogP contribution in [0.15, 0.2) is 23.4 Å². The summed E-state index contributed by atoms with van der Waals surface area (Å²) in [7, 11) is -3.90. The first kappa shape index (κ1) is 14.7. The SMILES string of the molecule is CCn1c(-c2cc(Cl)ccc2I)nnc1S(N)(=O)=O. The van der Waals surface area contributed by atoms with Crippen LogP contribution < -0.4 is 5.14 Å². The summed E-state index contributed by atoms with van der Waals surface area (Å²) < 4.78 is 25.2. The fourth-order valence-corrected chi connectivity index (χ4v) is 3.08. The van der Waals surface area contributed by atoms with Gasteiger partial charge < -0.3 is 0 Å². The molecule has 1 aromatic heterocycles. The van der Waals surface area contributed by atoms with Crippen LogP contribution >= 0.6 is 34.2 Å². The molecule has 9 heteroatoms. The van der Waals surface area contributed by atoms with Gasteiger partial charge in [0, 0.05) is 20.7 Å². The lowest BCUT2D eigenvalue weighted by atomic mass is 10.2. The molecule has 0 aliphatic carbocycles. The fourth-order valence-electron chi connectivity index (χ4n) is 1.65. The highest BCUT2D eigenvalue weighted by Gasteiger charge is 2.22. The largest absolute Gasteiger partial charge is 0.297 e. The zero-order valence-electron chi connectivity index (χ0n) is 9.84. The maximum Gasteiger partial charge on any atom is 0.273 e. The van der Waals surface area contributed by atoms with E-state index >= 15 is 0 Å². The first-order valence-corrected chi connectivity index (χ1v) is 8.26. The van der Waals surface area contributed by atoms with Crippen LogP contribution in [0.25, 0.3) is 11.4 Å². The van der Waals surface area contributed by atoms with Gasteiger partial charge in [-0.15, -0.1) is 10.2 Å². The van der Waals surface area contributed by atoms with Crippen LogP contribution in [0.4, 0.5) is 0 Å². The van der Waals surface area contributed by atoms with Crippen molar-refractivity contribution in [1.29, 1.82) is 0 Å². The van der Waals surface area contributed by atoms with Crippen molar-refractivity contribution >= 4 is 44.2 Å². The molecule has 2 aromatic rings. The van der Waals surface area contributed by atoms with Crippen molar-refractivity contribution in [3.8, 4) is 11.4 Å². The van der Waals surface area contributed by atoms with Crippen LogP contribution in [0.5, 0.6) is 0 Å². The van der Waals surface area contributed by atoms with E-state index in [1.807, 2.05) is 6.07 Å². The van der Waals surface area contributed by atoms with Gasteiger partial charge in [-0.25, -0.2) is 13.6 Å². The van der Waals surface area contributed by atoms with E-state index in [9.17, 15) is 8.42 Å². The molecular weight excluding hydrogens is 403 g/mol. The van der Waals surface area contributed by atoms with Crippen LogP contribution in [0.3, 0.4) is 0 Å². The Hall–Kier alpha value is -0.710. The zero-order valence-corrected chi connectivity index (χ0v) is 13.6. The molecule has 19 heavy (non-hydrogen) atoms. The molecule has 1 aromatic carbocycles. The molecule has 0 amide bonds. The van der Waals surface area contributed by atoms with E-state index in [0.29, 0.717) is 17.4 Å². The Labute approximate surface area is 129 Å². The maximum absolute atomic E-state index is 11.4. The molecule has 0 aliphatic rings. The van der Waals surface area contributed by atoms with Crippen molar-refractivity contribution in [2.45, 2.75) is 18.6 Å². The lowest BCUT2D eigenvalue weighted by Gasteiger charge is -2.08. The number of halogens is 2. The summed E-state index contributed by atoms with van der Waals surface area (Å²) in [6.07, 6.45) is 0. The molecule has 1 heterocycles. The molecule has 6 nitrogen and oxygen atoms in total. The number of benzene rings is 1. The summed E-state index contributed by atoms with van der Waals surface area (Å²) in [4.78, 5) is 0. The summed E-state index contributed by atoms with van der Waals surface area (Å²) in [5.74, 6) is 0.429. The van der Waals surface area contributed by atoms with Gasteiger partial charge in [-0.05, 0) is 47.7 Å². The van der Waals surface area contributed by atoms with Gasteiger partial charge in [-0.3, -0.25) is 4.57 Å². The Kier molecular flexibility index (Phi) is 4.14. The normalized spacial score (nSPS) is 11.8. The minimum atomic E-state index is -3.90. The number of hydrogen-bond donors (Lipinski definition) is 1. The Balaban J connectivity index is 2.70. The smallest absolute Gasteiger partial charge is 0.273 e. The third-order valence-corrected chi connectivity index (χ3v) is 4.44. The van der Waals surface area contributed by atoms with E-state index in [-0.39, 0.29) is 5.16 Å². The lowest BCUT2D eigenvalue weighted by Crippen LogP contribution is -2.18. The second-order valence-electron chi connectivity index (χ2n) is 3.72. The molecule has 0 radical (unpaired) electrons. The van der Waals surface area contributed by atoms with Crippen molar-refractivity contribution in [3.05, 3.63) is 26.8 Å². The van der Waals surface area contributed by atoms with Crippen molar-refractivity contribution in [1.82, 2.24) is 14.8 Å². The van der Waals surface area contributed by atoms with Crippen molar-refractivity contribution in [2.75, 3.05) is 0 Å². The fraction of sp³-hybridized carbons (Fsp3) is 0.200. The number of rotatable bonds is 3. The van der Waals surface area contributed by atoms with Crippen LogP contribution in [0, 0.1) is 3.57 Å². The number of aromatic nitrogens is 3. The van der Waals surface area contributed by atoms with Gasteiger partial charge in [0.1, 0.15) is 0 Å². The lowest BCUT2D eigenvalue weighted by molar-refractivity contribution is 0.571.